The summed E-state index contributed by atoms with van der Waals surface area (Å²) in [4.78, 5) is 4.39. The summed E-state index contributed by atoms with van der Waals surface area (Å²) in [5.41, 5.74) is 2.95. The molecule has 0 fully saturated rings. The van der Waals surface area contributed by atoms with Crippen LogP contribution in [0.2, 0.25) is 0 Å². The van der Waals surface area contributed by atoms with Gasteiger partial charge in [0.25, 0.3) is 0 Å². The highest BCUT2D eigenvalue weighted by Crippen LogP contribution is 2.48. The lowest BCUT2D eigenvalue weighted by Gasteiger charge is -2.40. The molecule has 4 nitrogen and oxygen atoms in total. The van der Waals surface area contributed by atoms with Crippen molar-refractivity contribution in [2.24, 2.45) is 0 Å². The molecule has 0 saturated heterocycles. The molecule has 0 bridgehead atoms. The number of rotatable bonds is 6. The number of nitrogens with one attached hydrogen (secondary N) is 1. The first-order valence-corrected chi connectivity index (χ1v) is 14.0. The van der Waals surface area contributed by atoms with Crippen molar-refractivity contribution in [3.05, 3.63) is 66.4 Å². The predicted molar refractivity (Wildman–Crippen MR) is 145 cm³/mol. The normalized spacial score (nSPS) is 11.5. The Morgan fingerprint density at radius 3 is 2.16 bits per heavy atom. The van der Waals surface area contributed by atoms with Gasteiger partial charge in [0.1, 0.15) is 12.4 Å². The van der Waals surface area contributed by atoms with E-state index in [0.717, 1.165) is 27.9 Å². The van der Waals surface area contributed by atoms with Crippen molar-refractivity contribution in [3.63, 3.8) is 0 Å². The Morgan fingerprint density at radius 1 is 0.969 bits per heavy atom. The molecule has 0 aliphatic rings. The van der Waals surface area contributed by atoms with E-state index in [0.29, 0.717) is 17.9 Å². The summed E-state index contributed by atoms with van der Waals surface area (Å²) in [5, 5.41) is 13.0. The maximum absolute atomic E-state index is 8.86. The number of aromatic nitrogens is 1. The minimum atomic E-state index is -0.340. The van der Waals surface area contributed by atoms with Crippen LogP contribution in [0.1, 0.15) is 40.2 Å². The van der Waals surface area contributed by atoms with E-state index >= 15 is 0 Å². The van der Waals surface area contributed by atoms with Crippen LogP contribution in [0.3, 0.4) is 0 Å². The molecular formula is C27H42N2O2S. The molecule has 32 heavy (non-hydrogen) atoms. The van der Waals surface area contributed by atoms with Crippen LogP contribution in [0.25, 0.3) is 10.9 Å². The summed E-state index contributed by atoms with van der Waals surface area (Å²) in [5.74, 6) is 0.817. The van der Waals surface area contributed by atoms with Crippen molar-refractivity contribution in [3.8, 4) is 5.75 Å². The Balaban J connectivity index is 0.000000436. The molecule has 3 rings (SSSR count). The predicted octanol–water partition coefficient (Wildman–Crippen LogP) is 6.72. The number of benzene rings is 2. The van der Waals surface area contributed by atoms with Crippen molar-refractivity contribution in [2.75, 3.05) is 37.2 Å². The third-order valence-electron chi connectivity index (χ3n) is 5.18. The molecule has 0 spiro atoms. The van der Waals surface area contributed by atoms with Gasteiger partial charge < -0.3 is 15.2 Å². The molecule has 0 aliphatic heterocycles. The van der Waals surface area contributed by atoms with Crippen LogP contribution in [-0.2, 0) is 6.61 Å². The molecule has 0 radical (unpaired) electrons. The van der Waals surface area contributed by atoms with Gasteiger partial charge in [0, 0.05) is 11.9 Å². The topological polar surface area (TPSA) is 54.4 Å². The zero-order valence-corrected chi connectivity index (χ0v) is 21.9. The second kappa shape index (κ2) is 13.3. The first-order valence-electron chi connectivity index (χ1n) is 11.2. The molecule has 0 atom stereocenters. The van der Waals surface area contributed by atoms with Gasteiger partial charge in [0.15, 0.2) is 0 Å². The van der Waals surface area contributed by atoms with Gasteiger partial charge in [-0.15, -0.1) is 0 Å². The number of aliphatic hydroxyl groups is 1. The molecule has 3 aromatic rings. The second-order valence-corrected chi connectivity index (χ2v) is 13.9. The van der Waals surface area contributed by atoms with Gasteiger partial charge >= 0.3 is 0 Å². The van der Waals surface area contributed by atoms with Crippen LogP contribution in [0.15, 0.2) is 60.8 Å². The summed E-state index contributed by atoms with van der Waals surface area (Å²) >= 11 is 0. The maximum atomic E-state index is 8.86. The first kappa shape index (κ1) is 27.8. The Kier molecular flexibility index (Phi) is 11.6. The van der Waals surface area contributed by atoms with E-state index in [1.54, 1.807) is 6.20 Å². The summed E-state index contributed by atoms with van der Waals surface area (Å²) in [6, 6.07) is 17.9. The van der Waals surface area contributed by atoms with Crippen LogP contribution in [-0.4, -0.2) is 46.8 Å². The molecule has 2 aromatic carbocycles. The minimum Gasteiger partial charge on any atom is -0.489 e. The van der Waals surface area contributed by atoms with Crippen LogP contribution >= 0.6 is 10.0 Å². The Bertz CT molecular complexity index is 904. The van der Waals surface area contributed by atoms with E-state index < -0.39 is 0 Å². The fourth-order valence-corrected chi connectivity index (χ4v) is 2.24. The molecule has 1 aromatic heterocycles. The van der Waals surface area contributed by atoms with Crippen molar-refractivity contribution < 1.29 is 9.84 Å². The average Bonchev–Trinajstić information content (AvgIpc) is 2.77. The van der Waals surface area contributed by atoms with Gasteiger partial charge in [0.2, 0.25) is 0 Å². The number of hydrogen-bond acceptors (Lipinski definition) is 4. The summed E-state index contributed by atoms with van der Waals surface area (Å²) in [7, 11) is -0.340. The zero-order chi connectivity index (χ0) is 24.2. The molecule has 5 heteroatoms. The molecule has 178 valence electrons. The monoisotopic (exact) mass is 458 g/mol. The van der Waals surface area contributed by atoms with Crippen LogP contribution in [0.4, 0.5) is 5.69 Å². The highest BCUT2D eigenvalue weighted by molar-refractivity contribution is 8.33. The van der Waals surface area contributed by atoms with Gasteiger partial charge in [-0.1, -0.05) is 65.0 Å². The molecule has 1 heterocycles. The molecule has 0 saturated carbocycles. The maximum Gasteiger partial charge on any atom is 0.120 e. The number of fused-ring (bicyclic) bond motifs is 1. The number of aliphatic hydroxyl groups excluding tert-OH is 1. The van der Waals surface area contributed by atoms with Crippen molar-refractivity contribution in [1.82, 2.24) is 4.98 Å². The van der Waals surface area contributed by atoms with E-state index in [-0.39, 0.29) is 16.6 Å². The smallest absolute Gasteiger partial charge is 0.120 e. The highest BCUT2D eigenvalue weighted by Gasteiger charge is 2.21. The summed E-state index contributed by atoms with van der Waals surface area (Å²) < 4.78 is 6.35. The van der Waals surface area contributed by atoms with Crippen molar-refractivity contribution in [2.45, 2.75) is 46.0 Å². The SMILES string of the molecule is CC.CC(C)(C)S(C)(C)C.OCCNc1cnc2ccc(OCc3ccccc3)cc2c1. The van der Waals surface area contributed by atoms with Crippen LogP contribution in [0, 0.1) is 0 Å². The standard InChI is InChI=1S/C18H18N2O2.C7H18S.C2H6/c21-9-8-19-16-10-15-11-17(6-7-18(15)20-12-16)22-13-14-4-2-1-3-5-14;1-7(2,3)8(4,5)6;1-2/h1-7,10-12,19,21H,8-9,13H2;1-6H3;1-2H3. The second-order valence-electron chi connectivity index (χ2n) is 8.95. The largest absolute Gasteiger partial charge is 0.489 e. The fraction of sp³-hybridized carbons (Fsp3) is 0.444. The van der Waals surface area contributed by atoms with E-state index in [1.807, 2.05) is 68.4 Å². The Labute approximate surface area is 196 Å². The fourth-order valence-electron chi connectivity index (χ4n) is 2.24. The third-order valence-corrected chi connectivity index (χ3v) is 8.85. The minimum absolute atomic E-state index is 0.0955. The Morgan fingerprint density at radius 2 is 1.59 bits per heavy atom. The molecule has 0 amide bonds. The lowest BCUT2D eigenvalue weighted by Crippen LogP contribution is -2.21. The average molecular weight is 459 g/mol. The van der Waals surface area contributed by atoms with Gasteiger partial charge in [-0.25, -0.2) is 10.0 Å². The van der Waals surface area contributed by atoms with Gasteiger partial charge in [-0.05, 0) is 53.3 Å². The molecule has 2 N–H and O–H groups in total. The van der Waals surface area contributed by atoms with E-state index in [9.17, 15) is 0 Å². The summed E-state index contributed by atoms with van der Waals surface area (Å²) in [6.45, 7) is 12.1. The quantitative estimate of drug-likeness (QED) is 0.430. The zero-order valence-electron chi connectivity index (χ0n) is 21.1. The number of nitrogens with zero attached hydrogens (tertiary/aromatic N) is 1. The lowest BCUT2D eigenvalue weighted by atomic mass is 10.2. The van der Waals surface area contributed by atoms with E-state index in [1.165, 1.54) is 0 Å². The number of anilines is 1. The van der Waals surface area contributed by atoms with Gasteiger partial charge in [-0.2, -0.15) is 0 Å². The van der Waals surface area contributed by atoms with Crippen molar-refractivity contribution in [1.29, 1.82) is 0 Å². The number of pyridine rings is 1. The van der Waals surface area contributed by atoms with Crippen LogP contribution < -0.4 is 10.1 Å². The molecule has 0 unspecified atom stereocenters. The Hall–Kier alpha value is -2.24. The lowest BCUT2D eigenvalue weighted by molar-refractivity contribution is 0.306. The van der Waals surface area contributed by atoms with Crippen LogP contribution in [0.5, 0.6) is 5.75 Å². The van der Waals surface area contributed by atoms with Gasteiger partial charge in [-0.3, -0.25) is 4.98 Å². The third kappa shape index (κ3) is 9.49. The molecule has 0 aliphatic carbocycles. The van der Waals surface area contributed by atoms with E-state index in [4.69, 9.17) is 9.84 Å². The summed E-state index contributed by atoms with van der Waals surface area (Å²) in [6.07, 6.45) is 8.83. The first-order chi connectivity index (χ1) is 15.1. The molecular weight excluding hydrogens is 416 g/mol. The van der Waals surface area contributed by atoms with Gasteiger partial charge in [0.05, 0.1) is 24.0 Å². The van der Waals surface area contributed by atoms with Crippen molar-refractivity contribution >= 4 is 26.6 Å². The number of hydrogen-bond donors (Lipinski definition) is 2. The highest BCUT2D eigenvalue weighted by atomic mass is 32.3. The number of ether oxygens (including phenoxy) is 1. The van der Waals surface area contributed by atoms with E-state index in [2.05, 4.69) is 49.8 Å².